The van der Waals surface area contributed by atoms with Crippen LogP contribution in [0.5, 0.6) is 0 Å². The first kappa shape index (κ1) is 21.5. The van der Waals surface area contributed by atoms with E-state index in [1.54, 1.807) is 6.92 Å². The molecule has 3 aromatic carbocycles. The van der Waals surface area contributed by atoms with Gasteiger partial charge in [0.1, 0.15) is 0 Å². The molecule has 1 aliphatic heterocycles. The number of aryl methyl sites for hydroxylation is 1. The summed E-state index contributed by atoms with van der Waals surface area (Å²) < 4.78 is 33.2. The lowest BCUT2D eigenvalue weighted by molar-refractivity contribution is 0.244. The number of rotatable bonds is 4. The van der Waals surface area contributed by atoms with Crippen LogP contribution in [-0.4, -0.2) is 16.2 Å². The fourth-order valence-electron chi connectivity index (χ4n) is 4.00. The zero-order valence-electron chi connectivity index (χ0n) is 18.4. The number of nitrogens with zero attached hydrogens (tertiary/aromatic N) is 3. The van der Waals surface area contributed by atoms with E-state index in [2.05, 4.69) is 15.5 Å². The molecule has 2 amide bonds. The van der Waals surface area contributed by atoms with Crippen molar-refractivity contribution < 1.29 is 18.1 Å². The lowest BCUT2D eigenvalue weighted by Crippen LogP contribution is -2.46. The van der Waals surface area contributed by atoms with Crippen molar-refractivity contribution >= 4 is 17.3 Å². The van der Waals surface area contributed by atoms with Crippen LogP contribution < -0.4 is 10.2 Å². The highest BCUT2D eigenvalue weighted by Gasteiger charge is 2.36. The van der Waals surface area contributed by atoms with E-state index in [1.807, 2.05) is 61.5 Å². The van der Waals surface area contributed by atoms with Crippen LogP contribution in [0.4, 0.5) is 19.3 Å². The van der Waals surface area contributed by atoms with Gasteiger partial charge < -0.3 is 9.84 Å². The van der Waals surface area contributed by atoms with E-state index in [0.29, 0.717) is 17.1 Å². The molecular formula is C26H20F2N4O2. The summed E-state index contributed by atoms with van der Waals surface area (Å²) in [5.74, 6) is -1.43. The number of carbonyl (C=O) groups excluding carboxylic acids is 1. The van der Waals surface area contributed by atoms with Crippen LogP contribution in [0.25, 0.3) is 17.0 Å². The predicted octanol–water partition coefficient (Wildman–Crippen LogP) is 6.03. The maximum atomic E-state index is 14.0. The van der Waals surface area contributed by atoms with Crippen LogP contribution in [0.1, 0.15) is 30.0 Å². The molecule has 1 aliphatic rings. The van der Waals surface area contributed by atoms with Gasteiger partial charge in [0, 0.05) is 17.3 Å². The number of amides is 2. The molecule has 170 valence electrons. The van der Waals surface area contributed by atoms with Crippen molar-refractivity contribution in [2.75, 3.05) is 4.90 Å². The molecule has 0 spiro atoms. The van der Waals surface area contributed by atoms with E-state index in [-0.39, 0.29) is 11.6 Å². The SMILES string of the molecule is CC1=C(c2nc(-c3ccc(C)cc3)no2)C(c2ccccc2)NC(=O)N1c1ccc(F)c(F)c1. The number of nitrogens with one attached hydrogen (secondary N) is 1. The zero-order valence-corrected chi connectivity index (χ0v) is 18.4. The topological polar surface area (TPSA) is 71.3 Å². The summed E-state index contributed by atoms with van der Waals surface area (Å²) >= 11 is 0. The molecule has 2 heterocycles. The number of anilines is 1. The smallest absolute Gasteiger partial charge is 0.327 e. The minimum Gasteiger partial charge on any atom is -0.334 e. The highest BCUT2D eigenvalue weighted by Crippen LogP contribution is 2.39. The molecule has 34 heavy (non-hydrogen) atoms. The molecule has 0 saturated carbocycles. The van der Waals surface area contributed by atoms with E-state index in [0.717, 1.165) is 28.8 Å². The van der Waals surface area contributed by atoms with Crippen molar-refractivity contribution in [3.8, 4) is 11.4 Å². The molecule has 4 aromatic rings. The number of urea groups is 1. The fraction of sp³-hybridized carbons (Fsp3) is 0.115. The molecule has 6 nitrogen and oxygen atoms in total. The Bertz CT molecular complexity index is 1400. The third-order valence-electron chi connectivity index (χ3n) is 5.75. The first-order chi connectivity index (χ1) is 16.4. The van der Waals surface area contributed by atoms with E-state index in [9.17, 15) is 13.6 Å². The molecule has 8 heteroatoms. The fourth-order valence-corrected chi connectivity index (χ4v) is 4.00. The van der Waals surface area contributed by atoms with Gasteiger partial charge in [0.15, 0.2) is 11.6 Å². The van der Waals surface area contributed by atoms with Gasteiger partial charge in [0.25, 0.3) is 5.89 Å². The highest BCUT2D eigenvalue weighted by molar-refractivity contribution is 6.01. The van der Waals surface area contributed by atoms with Gasteiger partial charge in [0.2, 0.25) is 5.82 Å². The second-order valence-corrected chi connectivity index (χ2v) is 8.02. The number of carbonyl (C=O) groups is 1. The van der Waals surface area contributed by atoms with E-state index in [1.165, 1.54) is 11.0 Å². The molecule has 1 atom stereocenters. The summed E-state index contributed by atoms with van der Waals surface area (Å²) in [4.78, 5) is 19.0. The third kappa shape index (κ3) is 3.83. The predicted molar refractivity (Wildman–Crippen MR) is 124 cm³/mol. The standard InChI is InChI=1S/C26H20F2N4O2/c1-15-8-10-18(11-9-15)24-30-25(34-31-24)22-16(2)32(19-12-13-20(27)21(28)14-19)26(33)29-23(22)17-6-4-3-5-7-17/h3-14,23H,1-2H3,(H,29,33). The van der Waals surface area contributed by atoms with Crippen molar-refractivity contribution in [2.24, 2.45) is 0 Å². The molecule has 0 saturated heterocycles. The van der Waals surface area contributed by atoms with Crippen LogP contribution in [-0.2, 0) is 0 Å². The van der Waals surface area contributed by atoms with Crippen molar-refractivity contribution in [2.45, 2.75) is 19.9 Å². The normalized spacial score (nSPS) is 16.1. The Labute approximate surface area is 194 Å². The lowest BCUT2D eigenvalue weighted by atomic mass is 9.94. The summed E-state index contributed by atoms with van der Waals surface area (Å²) in [5.41, 5.74) is 3.89. The van der Waals surface area contributed by atoms with Gasteiger partial charge in [-0.1, -0.05) is 65.3 Å². The Morgan fingerprint density at radius 1 is 0.941 bits per heavy atom. The van der Waals surface area contributed by atoms with Crippen molar-refractivity contribution in [1.29, 1.82) is 0 Å². The highest BCUT2D eigenvalue weighted by atomic mass is 19.2. The Morgan fingerprint density at radius 3 is 2.38 bits per heavy atom. The summed E-state index contributed by atoms with van der Waals surface area (Å²) in [6.07, 6.45) is 0. The lowest BCUT2D eigenvalue weighted by Gasteiger charge is -2.35. The van der Waals surface area contributed by atoms with Crippen LogP contribution >= 0.6 is 0 Å². The molecule has 0 radical (unpaired) electrons. The van der Waals surface area contributed by atoms with Crippen molar-refractivity contribution in [3.63, 3.8) is 0 Å². The maximum Gasteiger partial charge on any atom is 0.327 e. The number of hydrogen-bond donors (Lipinski definition) is 1. The molecule has 1 unspecified atom stereocenters. The molecule has 1 aromatic heterocycles. The molecule has 0 fully saturated rings. The first-order valence-corrected chi connectivity index (χ1v) is 10.6. The van der Waals surface area contributed by atoms with Crippen molar-refractivity contribution in [3.05, 3.63) is 107 Å². The first-order valence-electron chi connectivity index (χ1n) is 10.6. The zero-order chi connectivity index (χ0) is 23.8. The Morgan fingerprint density at radius 2 is 1.68 bits per heavy atom. The monoisotopic (exact) mass is 458 g/mol. The molecular weight excluding hydrogens is 438 g/mol. The molecule has 5 rings (SSSR count). The second-order valence-electron chi connectivity index (χ2n) is 8.02. The van der Waals surface area contributed by atoms with Gasteiger partial charge in [-0.15, -0.1) is 0 Å². The van der Waals surface area contributed by atoms with Gasteiger partial charge in [-0.3, -0.25) is 4.90 Å². The van der Waals surface area contributed by atoms with Gasteiger partial charge in [-0.2, -0.15) is 4.98 Å². The van der Waals surface area contributed by atoms with Gasteiger partial charge >= 0.3 is 6.03 Å². The maximum absolute atomic E-state index is 14.0. The summed E-state index contributed by atoms with van der Waals surface area (Å²) in [6, 6.07) is 19.3. The quantitative estimate of drug-likeness (QED) is 0.406. The van der Waals surface area contributed by atoms with E-state index < -0.39 is 23.7 Å². The van der Waals surface area contributed by atoms with Crippen molar-refractivity contribution in [1.82, 2.24) is 15.5 Å². The summed E-state index contributed by atoms with van der Waals surface area (Å²) in [7, 11) is 0. The number of allylic oxidation sites excluding steroid dienone is 1. The third-order valence-corrected chi connectivity index (χ3v) is 5.75. The molecule has 0 aliphatic carbocycles. The van der Waals surface area contributed by atoms with Gasteiger partial charge in [-0.25, -0.2) is 13.6 Å². The van der Waals surface area contributed by atoms with Crippen LogP contribution in [0.2, 0.25) is 0 Å². The molecule has 0 bridgehead atoms. The van der Waals surface area contributed by atoms with Crippen LogP contribution in [0.15, 0.2) is 83.0 Å². The molecule has 1 N–H and O–H groups in total. The Hall–Kier alpha value is -4.33. The number of halogens is 2. The Balaban J connectivity index is 1.65. The van der Waals surface area contributed by atoms with E-state index in [4.69, 9.17) is 4.52 Å². The number of hydrogen-bond acceptors (Lipinski definition) is 4. The average molecular weight is 458 g/mol. The van der Waals surface area contributed by atoms with Gasteiger partial charge in [-0.05, 0) is 31.5 Å². The summed E-state index contributed by atoms with van der Waals surface area (Å²) in [6.45, 7) is 3.70. The number of aromatic nitrogens is 2. The second kappa shape index (κ2) is 8.55. The number of benzene rings is 3. The minimum atomic E-state index is -1.05. The largest absolute Gasteiger partial charge is 0.334 e. The van der Waals surface area contributed by atoms with Crippen LogP contribution in [0, 0.1) is 18.6 Å². The van der Waals surface area contributed by atoms with E-state index >= 15 is 0 Å². The summed E-state index contributed by atoms with van der Waals surface area (Å²) in [5, 5.41) is 7.07. The Kier molecular flexibility index (Phi) is 5.41. The average Bonchev–Trinajstić information content (AvgIpc) is 3.31. The van der Waals surface area contributed by atoms with Gasteiger partial charge in [0.05, 0.1) is 17.3 Å². The minimum absolute atomic E-state index is 0.177. The van der Waals surface area contributed by atoms with Crippen LogP contribution in [0.3, 0.4) is 0 Å².